The number of ketones is 1. The third kappa shape index (κ3) is 5.91. The van der Waals surface area contributed by atoms with Crippen LogP contribution < -0.4 is 9.47 Å². The van der Waals surface area contributed by atoms with E-state index in [1.165, 1.54) is 0 Å². The molecule has 2 atom stereocenters. The lowest BCUT2D eigenvalue weighted by Crippen LogP contribution is -2.38. The molecule has 3 aliphatic rings. The number of ether oxygens (including phenoxy) is 3. The van der Waals surface area contributed by atoms with Crippen molar-refractivity contribution < 1.29 is 28.9 Å². The number of aliphatic hydroxyl groups excluding tert-OH is 1. The Hall–Kier alpha value is -4.14. The highest BCUT2D eigenvalue weighted by molar-refractivity contribution is 6.46. The molecule has 0 spiro atoms. The molecule has 3 aromatic carbocycles. The van der Waals surface area contributed by atoms with Crippen molar-refractivity contribution in [1.29, 1.82) is 0 Å². The third-order valence-electron chi connectivity index (χ3n) is 8.13. The van der Waals surface area contributed by atoms with Crippen molar-refractivity contribution in [3.8, 4) is 11.5 Å². The molecule has 8 nitrogen and oxygen atoms in total. The molecule has 2 fully saturated rings. The maximum Gasteiger partial charge on any atom is 0.295 e. The Bertz CT molecular complexity index is 1460. The first kappa shape index (κ1) is 28.0. The Morgan fingerprint density at radius 1 is 0.976 bits per heavy atom. The zero-order chi connectivity index (χ0) is 29.1. The van der Waals surface area contributed by atoms with Gasteiger partial charge in [-0.25, -0.2) is 0 Å². The number of likely N-dealkylation sites (tertiary alicyclic amines) is 1. The molecule has 0 saturated carbocycles. The molecule has 8 heteroatoms. The first-order valence-corrected chi connectivity index (χ1v) is 14.6. The van der Waals surface area contributed by atoms with Crippen molar-refractivity contribution in [2.24, 2.45) is 0 Å². The van der Waals surface area contributed by atoms with E-state index in [0.717, 1.165) is 48.5 Å². The van der Waals surface area contributed by atoms with Crippen LogP contribution in [-0.2, 0) is 27.4 Å². The summed E-state index contributed by atoms with van der Waals surface area (Å²) in [5, 5.41) is 11.5. The summed E-state index contributed by atoms with van der Waals surface area (Å²) in [5.74, 6) is 0.0371. The standard InChI is InChI=1S/C34H36N2O6/c1-23-20-27-21-26(10-13-29(27)42-23)32(37)30-31(25-8-11-28(12-9-25)41-22-24-6-3-2-4-7-24)36(34(39)33(30)38)15-5-14-35-16-18-40-19-17-35/h2-4,6-13,21,23,31,37H,5,14-20,22H2,1H3. The van der Waals surface area contributed by atoms with E-state index >= 15 is 0 Å². The molecule has 0 bridgehead atoms. The summed E-state index contributed by atoms with van der Waals surface area (Å²) in [5.41, 5.74) is 3.39. The number of Topliss-reactive ketones (excluding diaryl/α,β-unsaturated/α-hetero) is 1. The number of aliphatic hydroxyl groups is 1. The summed E-state index contributed by atoms with van der Waals surface area (Å²) in [6.07, 6.45) is 1.48. The Balaban J connectivity index is 1.29. The summed E-state index contributed by atoms with van der Waals surface area (Å²) >= 11 is 0. The van der Waals surface area contributed by atoms with Crippen LogP contribution >= 0.6 is 0 Å². The van der Waals surface area contributed by atoms with Crippen molar-refractivity contribution in [2.75, 3.05) is 39.4 Å². The molecule has 0 aromatic heterocycles. The van der Waals surface area contributed by atoms with Crippen LogP contribution in [0.2, 0.25) is 0 Å². The highest BCUT2D eigenvalue weighted by atomic mass is 16.5. The largest absolute Gasteiger partial charge is 0.507 e. The minimum atomic E-state index is -0.707. The number of carbonyl (C=O) groups excluding carboxylic acids is 2. The number of hydrogen-bond donors (Lipinski definition) is 1. The zero-order valence-electron chi connectivity index (χ0n) is 23.8. The van der Waals surface area contributed by atoms with Crippen molar-refractivity contribution in [2.45, 2.75) is 38.5 Å². The van der Waals surface area contributed by atoms with E-state index in [9.17, 15) is 14.7 Å². The van der Waals surface area contributed by atoms with Crippen LogP contribution in [0.15, 0.2) is 78.4 Å². The van der Waals surface area contributed by atoms with Crippen LogP contribution in [0.4, 0.5) is 0 Å². The lowest BCUT2D eigenvalue weighted by atomic mass is 9.94. The van der Waals surface area contributed by atoms with Gasteiger partial charge in [-0.2, -0.15) is 0 Å². The highest BCUT2D eigenvalue weighted by Gasteiger charge is 2.46. The van der Waals surface area contributed by atoms with Gasteiger partial charge >= 0.3 is 0 Å². The molecule has 218 valence electrons. The van der Waals surface area contributed by atoms with E-state index in [2.05, 4.69) is 4.90 Å². The summed E-state index contributed by atoms with van der Waals surface area (Å²) in [4.78, 5) is 30.8. The van der Waals surface area contributed by atoms with Gasteiger partial charge in [0.1, 0.15) is 30.0 Å². The van der Waals surface area contributed by atoms with E-state index in [-0.39, 0.29) is 17.4 Å². The number of rotatable bonds is 9. The molecule has 1 N–H and O–H groups in total. The maximum atomic E-state index is 13.5. The Kier molecular flexibility index (Phi) is 8.26. The van der Waals surface area contributed by atoms with Crippen molar-refractivity contribution >= 4 is 17.4 Å². The number of carbonyl (C=O) groups is 2. The van der Waals surface area contributed by atoms with Gasteiger partial charge in [0.25, 0.3) is 11.7 Å². The van der Waals surface area contributed by atoms with E-state index < -0.39 is 17.7 Å². The molecule has 3 aromatic rings. The van der Waals surface area contributed by atoms with Crippen molar-refractivity contribution in [3.63, 3.8) is 0 Å². The number of nitrogens with zero attached hydrogens (tertiary/aromatic N) is 2. The van der Waals surface area contributed by atoms with Gasteiger partial charge in [0.05, 0.1) is 24.8 Å². The molecular weight excluding hydrogens is 532 g/mol. The Morgan fingerprint density at radius 3 is 2.50 bits per heavy atom. The van der Waals surface area contributed by atoms with Crippen LogP contribution in [0.3, 0.4) is 0 Å². The molecule has 3 heterocycles. The fourth-order valence-corrected chi connectivity index (χ4v) is 5.96. The molecule has 1 amide bonds. The van der Waals surface area contributed by atoms with Gasteiger partial charge in [-0.1, -0.05) is 42.5 Å². The van der Waals surface area contributed by atoms with Gasteiger partial charge in [0.15, 0.2) is 0 Å². The second kappa shape index (κ2) is 12.4. The number of fused-ring (bicyclic) bond motifs is 1. The van der Waals surface area contributed by atoms with Gasteiger partial charge in [-0.05, 0) is 60.4 Å². The summed E-state index contributed by atoms with van der Waals surface area (Å²) in [6, 6.07) is 22.1. The quantitative estimate of drug-likeness (QED) is 0.227. The predicted molar refractivity (Wildman–Crippen MR) is 158 cm³/mol. The fraction of sp³-hybridized carbons (Fsp3) is 0.353. The van der Waals surface area contributed by atoms with Crippen LogP contribution in [0.1, 0.15) is 41.6 Å². The normalized spacial score (nSPS) is 21.8. The lowest BCUT2D eigenvalue weighted by molar-refractivity contribution is -0.140. The first-order valence-electron chi connectivity index (χ1n) is 14.6. The van der Waals surface area contributed by atoms with Crippen LogP contribution in [0.5, 0.6) is 11.5 Å². The average Bonchev–Trinajstić information content (AvgIpc) is 3.52. The third-order valence-corrected chi connectivity index (χ3v) is 8.13. The van der Waals surface area contributed by atoms with Crippen LogP contribution in [0.25, 0.3) is 5.76 Å². The highest BCUT2D eigenvalue weighted by Crippen LogP contribution is 2.41. The Morgan fingerprint density at radius 2 is 1.74 bits per heavy atom. The second-order valence-corrected chi connectivity index (χ2v) is 11.1. The van der Waals surface area contributed by atoms with Crippen LogP contribution in [0, 0.1) is 0 Å². The monoisotopic (exact) mass is 568 g/mol. The molecule has 6 rings (SSSR count). The molecule has 0 radical (unpaired) electrons. The number of morpholine rings is 1. The molecule has 3 aliphatic heterocycles. The minimum Gasteiger partial charge on any atom is -0.507 e. The molecule has 42 heavy (non-hydrogen) atoms. The SMILES string of the molecule is CC1Cc2cc(C(O)=C3C(=O)C(=O)N(CCCN4CCOCC4)C3c3ccc(OCc4ccccc4)cc3)ccc2O1. The van der Waals surface area contributed by atoms with Crippen molar-refractivity contribution in [1.82, 2.24) is 9.80 Å². The van der Waals surface area contributed by atoms with Crippen molar-refractivity contribution in [3.05, 3.63) is 101 Å². The molecule has 2 saturated heterocycles. The van der Waals surface area contributed by atoms with Gasteiger partial charge in [-0.3, -0.25) is 14.5 Å². The van der Waals surface area contributed by atoms with Gasteiger partial charge < -0.3 is 24.2 Å². The smallest absolute Gasteiger partial charge is 0.295 e. The summed E-state index contributed by atoms with van der Waals surface area (Å²) < 4.78 is 17.2. The van der Waals surface area contributed by atoms with Gasteiger partial charge in [-0.15, -0.1) is 0 Å². The van der Waals surface area contributed by atoms with E-state index in [4.69, 9.17) is 14.2 Å². The van der Waals surface area contributed by atoms with E-state index in [0.29, 0.717) is 44.1 Å². The summed E-state index contributed by atoms with van der Waals surface area (Å²) in [6.45, 7) is 6.73. The first-order chi connectivity index (χ1) is 20.5. The fourth-order valence-electron chi connectivity index (χ4n) is 5.96. The summed E-state index contributed by atoms with van der Waals surface area (Å²) in [7, 11) is 0. The second-order valence-electron chi connectivity index (χ2n) is 11.1. The topological polar surface area (TPSA) is 88.5 Å². The zero-order valence-corrected chi connectivity index (χ0v) is 23.8. The molecule has 0 aliphatic carbocycles. The predicted octanol–water partition coefficient (Wildman–Crippen LogP) is 4.73. The number of hydrogen-bond acceptors (Lipinski definition) is 7. The van der Waals surface area contributed by atoms with Gasteiger partial charge in [0.2, 0.25) is 0 Å². The Labute approximate surface area is 246 Å². The number of amides is 1. The van der Waals surface area contributed by atoms with E-state index in [1.807, 2.05) is 73.7 Å². The average molecular weight is 569 g/mol. The molecule has 2 unspecified atom stereocenters. The molecular formula is C34H36N2O6. The number of benzene rings is 3. The maximum absolute atomic E-state index is 13.5. The lowest BCUT2D eigenvalue weighted by Gasteiger charge is -2.29. The van der Waals surface area contributed by atoms with Gasteiger partial charge in [0, 0.05) is 38.2 Å². The van der Waals surface area contributed by atoms with Crippen LogP contribution in [-0.4, -0.2) is 72.1 Å². The minimum absolute atomic E-state index is 0.0528. The van der Waals surface area contributed by atoms with E-state index in [1.54, 1.807) is 11.0 Å².